The number of benzene rings is 1. The smallest absolute Gasteiger partial charge is 0.251 e. The lowest BCUT2D eigenvalue weighted by Gasteiger charge is -2.11. The number of methoxy groups -OCH3 is 1. The molecule has 1 aromatic carbocycles. The van der Waals surface area contributed by atoms with Gasteiger partial charge in [0, 0.05) is 24.6 Å². The molecule has 0 saturated carbocycles. The molecule has 0 aliphatic carbocycles. The molecule has 0 aliphatic heterocycles. The maximum Gasteiger partial charge on any atom is 0.251 e. The van der Waals surface area contributed by atoms with Gasteiger partial charge in [-0.3, -0.25) is 9.59 Å². The van der Waals surface area contributed by atoms with Gasteiger partial charge in [-0.1, -0.05) is 13.0 Å². The van der Waals surface area contributed by atoms with Crippen molar-refractivity contribution in [2.75, 3.05) is 13.7 Å². The Labute approximate surface area is 119 Å². The van der Waals surface area contributed by atoms with Crippen LogP contribution in [0.1, 0.15) is 37.0 Å². The van der Waals surface area contributed by atoms with Crippen LogP contribution < -0.4 is 15.4 Å². The lowest BCUT2D eigenvalue weighted by atomic mass is 10.2. The maximum atomic E-state index is 11.9. The molecule has 0 fully saturated rings. The van der Waals surface area contributed by atoms with Crippen molar-refractivity contribution in [2.24, 2.45) is 0 Å². The Hall–Kier alpha value is -2.04. The zero-order valence-electron chi connectivity index (χ0n) is 12.2. The molecule has 1 atom stereocenters. The van der Waals surface area contributed by atoms with E-state index in [1.54, 1.807) is 31.4 Å². The number of amides is 2. The minimum absolute atomic E-state index is 0.0507. The van der Waals surface area contributed by atoms with E-state index in [2.05, 4.69) is 10.6 Å². The van der Waals surface area contributed by atoms with Crippen LogP contribution in [0.15, 0.2) is 24.3 Å². The van der Waals surface area contributed by atoms with Crippen molar-refractivity contribution in [2.45, 2.75) is 32.7 Å². The topological polar surface area (TPSA) is 67.4 Å². The van der Waals surface area contributed by atoms with Gasteiger partial charge in [0.2, 0.25) is 5.91 Å². The predicted molar refractivity (Wildman–Crippen MR) is 77.8 cm³/mol. The summed E-state index contributed by atoms with van der Waals surface area (Å²) in [5, 5.41) is 5.57. The second-order valence-electron chi connectivity index (χ2n) is 4.61. The summed E-state index contributed by atoms with van der Waals surface area (Å²) in [7, 11) is 1.55. The van der Waals surface area contributed by atoms with Crippen LogP contribution in [0, 0.1) is 0 Å². The average molecular weight is 278 g/mol. The molecule has 2 amide bonds. The van der Waals surface area contributed by atoms with E-state index < -0.39 is 0 Å². The van der Waals surface area contributed by atoms with Crippen molar-refractivity contribution in [1.29, 1.82) is 0 Å². The molecule has 0 spiro atoms. The molecule has 0 heterocycles. The molecule has 0 bridgehead atoms. The highest BCUT2D eigenvalue weighted by Gasteiger charge is 2.08. The van der Waals surface area contributed by atoms with E-state index in [9.17, 15) is 9.59 Å². The second kappa shape index (κ2) is 8.19. The zero-order valence-corrected chi connectivity index (χ0v) is 12.2. The number of nitrogens with one attached hydrogen (secondary N) is 2. The molecule has 20 heavy (non-hydrogen) atoms. The molecule has 110 valence electrons. The summed E-state index contributed by atoms with van der Waals surface area (Å²) in [6, 6.07) is 7.06. The Morgan fingerprint density at radius 2 is 2.10 bits per heavy atom. The summed E-state index contributed by atoms with van der Waals surface area (Å²) in [4.78, 5) is 23.4. The lowest BCUT2D eigenvalue weighted by Crippen LogP contribution is -2.35. The highest BCUT2D eigenvalue weighted by Crippen LogP contribution is 2.12. The lowest BCUT2D eigenvalue weighted by molar-refractivity contribution is -0.121. The van der Waals surface area contributed by atoms with E-state index in [0.29, 0.717) is 17.9 Å². The Kier molecular flexibility index (Phi) is 6.56. The van der Waals surface area contributed by atoms with Gasteiger partial charge in [0.1, 0.15) is 5.75 Å². The van der Waals surface area contributed by atoms with Gasteiger partial charge in [0.25, 0.3) is 5.91 Å². The summed E-state index contributed by atoms with van der Waals surface area (Å²) in [6.07, 6.45) is 1.17. The molecule has 0 saturated heterocycles. The number of carbonyl (C=O) groups excluding carboxylic acids is 2. The predicted octanol–water partition coefficient (Wildman–Crippen LogP) is 1.73. The Bertz CT molecular complexity index is 460. The van der Waals surface area contributed by atoms with Gasteiger partial charge in [-0.25, -0.2) is 0 Å². The SMILES string of the molecule is CCC(C)NC(=O)CCNC(=O)c1cccc(OC)c1. The maximum absolute atomic E-state index is 11.9. The van der Waals surface area contributed by atoms with E-state index in [1.165, 1.54) is 0 Å². The fraction of sp³-hybridized carbons (Fsp3) is 0.467. The van der Waals surface area contributed by atoms with Crippen LogP contribution in [0.25, 0.3) is 0 Å². The van der Waals surface area contributed by atoms with E-state index >= 15 is 0 Å². The third-order valence-corrected chi connectivity index (χ3v) is 2.99. The summed E-state index contributed by atoms with van der Waals surface area (Å²) >= 11 is 0. The minimum Gasteiger partial charge on any atom is -0.497 e. The molecule has 2 N–H and O–H groups in total. The van der Waals surface area contributed by atoms with Crippen LogP contribution in [0.4, 0.5) is 0 Å². The molecular formula is C15H22N2O3. The van der Waals surface area contributed by atoms with Crippen molar-refractivity contribution in [1.82, 2.24) is 10.6 Å². The zero-order chi connectivity index (χ0) is 15.0. The standard InChI is InChI=1S/C15H22N2O3/c1-4-11(2)17-14(18)8-9-16-15(19)12-6-5-7-13(10-12)20-3/h5-7,10-11H,4,8-9H2,1-3H3,(H,16,19)(H,17,18). The number of carbonyl (C=O) groups is 2. The molecule has 1 rings (SSSR count). The van der Waals surface area contributed by atoms with Crippen molar-refractivity contribution < 1.29 is 14.3 Å². The first-order chi connectivity index (χ1) is 9.56. The fourth-order valence-electron chi connectivity index (χ4n) is 1.60. The first kappa shape index (κ1) is 16.0. The first-order valence-corrected chi connectivity index (χ1v) is 6.78. The third kappa shape index (κ3) is 5.30. The number of rotatable bonds is 7. The largest absolute Gasteiger partial charge is 0.497 e. The molecule has 0 aliphatic rings. The van der Waals surface area contributed by atoms with Gasteiger partial charge in [-0.15, -0.1) is 0 Å². The van der Waals surface area contributed by atoms with Crippen LogP contribution in [-0.4, -0.2) is 31.5 Å². The van der Waals surface area contributed by atoms with Crippen molar-refractivity contribution in [3.63, 3.8) is 0 Å². The van der Waals surface area contributed by atoms with Gasteiger partial charge in [-0.2, -0.15) is 0 Å². The van der Waals surface area contributed by atoms with Gasteiger partial charge in [0.15, 0.2) is 0 Å². The summed E-state index contributed by atoms with van der Waals surface area (Å²) in [6.45, 7) is 4.28. The Morgan fingerprint density at radius 3 is 2.75 bits per heavy atom. The van der Waals surface area contributed by atoms with Crippen molar-refractivity contribution in [3.8, 4) is 5.75 Å². The molecule has 0 radical (unpaired) electrons. The Balaban J connectivity index is 2.38. The monoisotopic (exact) mass is 278 g/mol. The fourth-order valence-corrected chi connectivity index (χ4v) is 1.60. The highest BCUT2D eigenvalue weighted by atomic mass is 16.5. The third-order valence-electron chi connectivity index (χ3n) is 2.99. The van der Waals surface area contributed by atoms with Gasteiger partial charge < -0.3 is 15.4 Å². The Morgan fingerprint density at radius 1 is 1.35 bits per heavy atom. The van der Waals surface area contributed by atoms with E-state index in [4.69, 9.17) is 4.74 Å². The summed E-state index contributed by atoms with van der Waals surface area (Å²) in [5.74, 6) is 0.373. The summed E-state index contributed by atoms with van der Waals surface area (Å²) < 4.78 is 5.06. The summed E-state index contributed by atoms with van der Waals surface area (Å²) in [5.41, 5.74) is 0.520. The van der Waals surface area contributed by atoms with Crippen molar-refractivity contribution in [3.05, 3.63) is 29.8 Å². The van der Waals surface area contributed by atoms with E-state index in [1.807, 2.05) is 13.8 Å². The number of ether oxygens (including phenoxy) is 1. The molecule has 5 nitrogen and oxygen atoms in total. The van der Waals surface area contributed by atoms with Crippen LogP contribution >= 0.6 is 0 Å². The van der Waals surface area contributed by atoms with E-state index in [-0.39, 0.29) is 24.3 Å². The molecule has 5 heteroatoms. The number of hydrogen-bond donors (Lipinski definition) is 2. The minimum atomic E-state index is -0.208. The first-order valence-electron chi connectivity index (χ1n) is 6.78. The number of hydrogen-bond acceptors (Lipinski definition) is 3. The molecule has 0 aromatic heterocycles. The van der Waals surface area contributed by atoms with Crippen LogP contribution in [0.5, 0.6) is 5.75 Å². The molecule has 1 aromatic rings. The quantitative estimate of drug-likeness (QED) is 0.798. The van der Waals surface area contributed by atoms with Crippen LogP contribution in [0.2, 0.25) is 0 Å². The van der Waals surface area contributed by atoms with Crippen molar-refractivity contribution >= 4 is 11.8 Å². The highest BCUT2D eigenvalue weighted by molar-refractivity contribution is 5.94. The van der Waals surface area contributed by atoms with Crippen LogP contribution in [-0.2, 0) is 4.79 Å². The normalized spacial score (nSPS) is 11.6. The van der Waals surface area contributed by atoms with E-state index in [0.717, 1.165) is 6.42 Å². The second-order valence-corrected chi connectivity index (χ2v) is 4.61. The van der Waals surface area contributed by atoms with Gasteiger partial charge in [0.05, 0.1) is 7.11 Å². The average Bonchev–Trinajstić information content (AvgIpc) is 2.46. The molecular weight excluding hydrogens is 256 g/mol. The van der Waals surface area contributed by atoms with Gasteiger partial charge >= 0.3 is 0 Å². The molecule has 1 unspecified atom stereocenters. The van der Waals surface area contributed by atoms with Crippen LogP contribution in [0.3, 0.4) is 0 Å². The van der Waals surface area contributed by atoms with Gasteiger partial charge in [-0.05, 0) is 31.5 Å².